The van der Waals surface area contributed by atoms with Gasteiger partial charge in [0.05, 0.1) is 18.6 Å². The van der Waals surface area contributed by atoms with E-state index in [-0.39, 0.29) is 24.5 Å². The Morgan fingerprint density at radius 1 is 1.39 bits per heavy atom. The normalized spacial score (nSPS) is 22.9. The molecule has 1 fully saturated rings. The molecule has 106 valence electrons. The molecule has 1 heterocycles. The van der Waals surface area contributed by atoms with E-state index in [1.807, 2.05) is 4.90 Å². The van der Waals surface area contributed by atoms with Gasteiger partial charge in [-0.05, 0) is 25.2 Å². The minimum atomic E-state index is -0.0860. The van der Waals surface area contributed by atoms with Gasteiger partial charge in [0.1, 0.15) is 0 Å². The van der Waals surface area contributed by atoms with Gasteiger partial charge in [0, 0.05) is 13.1 Å². The third-order valence-corrected chi connectivity index (χ3v) is 3.76. The maximum atomic E-state index is 12.5. The maximum absolute atomic E-state index is 12.5. The fraction of sp³-hybridized carbons (Fsp3) is 0.929. The van der Waals surface area contributed by atoms with Gasteiger partial charge < -0.3 is 15.7 Å². The molecule has 2 unspecified atom stereocenters. The molecule has 0 saturated carbocycles. The maximum Gasteiger partial charge on any atom is 0.227 e. The predicted octanol–water partition coefficient (Wildman–Crippen LogP) is 1.37. The number of hydrogen-bond donors (Lipinski definition) is 2. The van der Waals surface area contributed by atoms with Gasteiger partial charge >= 0.3 is 0 Å². The quantitative estimate of drug-likeness (QED) is 0.781. The van der Waals surface area contributed by atoms with E-state index in [1.165, 1.54) is 0 Å². The van der Waals surface area contributed by atoms with Crippen LogP contribution in [0.3, 0.4) is 0 Å². The van der Waals surface area contributed by atoms with E-state index in [2.05, 4.69) is 13.8 Å². The van der Waals surface area contributed by atoms with Crippen LogP contribution in [-0.2, 0) is 4.79 Å². The molecule has 1 rings (SSSR count). The first-order valence-electron chi connectivity index (χ1n) is 7.21. The number of nitrogens with two attached hydrogens (primary N) is 1. The second-order valence-electron chi connectivity index (χ2n) is 5.78. The van der Waals surface area contributed by atoms with Crippen molar-refractivity contribution in [2.24, 2.45) is 17.6 Å². The Balaban J connectivity index is 2.70. The second kappa shape index (κ2) is 7.74. The topological polar surface area (TPSA) is 66.6 Å². The van der Waals surface area contributed by atoms with E-state index in [9.17, 15) is 9.90 Å². The molecule has 0 aromatic carbocycles. The average Bonchev–Trinajstić information content (AvgIpc) is 2.59. The van der Waals surface area contributed by atoms with E-state index in [0.29, 0.717) is 12.5 Å². The summed E-state index contributed by atoms with van der Waals surface area (Å²) in [5.74, 6) is 0.534. The molecule has 18 heavy (non-hydrogen) atoms. The van der Waals surface area contributed by atoms with Gasteiger partial charge in [-0.15, -0.1) is 0 Å². The van der Waals surface area contributed by atoms with Crippen LogP contribution in [0, 0.1) is 11.8 Å². The summed E-state index contributed by atoms with van der Waals surface area (Å²) in [6.45, 7) is 5.48. The molecular formula is C14H28N2O2. The zero-order valence-corrected chi connectivity index (χ0v) is 11.8. The SMILES string of the molecule is CC(C)CC(CN)C(=O)N1CCCCCC1CO. The molecular weight excluding hydrogens is 228 g/mol. The summed E-state index contributed by atoms with van der Waals surface area (Å²) >= 11 is 0. The van der Waals surface area contributed by atoms with Crippen LogP contribution in [0.1, 0.15) is 46.0 Å². The van der Waals surface area contributed by atoms with Gasteiger partial charge in [0.2, 0.25) is 5.91 Å². The van der Waals surface area contributed by atoms with Gasteiger partial charge in [-0.3, -0.25) is 4.79 Å². The van der Waals surface area contributed by atoms with Crippen molar-refractivity contribution >= 4 is 5.91 Å². The lowest BCUT2D eigenvalue weighted by molar-refractivity contribution is -0.139. The molecule has 1 amide bonds. The Morgan fingerprint density at radius 3 is 2.67 bits per heavy atom. The lowest BCUT2D eigenvalue weighted by atomic mass is 9.95. The van der Waals surface area contributed by atoms with Crippen LogP contribution in [0.5, 0.6) is 0 Å². The van der Waals surface area contributed by atoms with Crippen LogP contribution in [0.4, 0.5) is 0 Å². The Kier molecular flexibility index (Phi) is 6.65. The smallest absolute Gasteiger partial charge is 0.227 e. The third-order valence-electron chi connectivity index (χ3n) is 3.76. The molecule has 0 aromatic heterocycles. The number of aliphatic hydroxyl groups is 1. The fourth-order valence-corrected chi connectivity index (χ4v) is 2.76. The largest absolute Gasteiger partial charge is 0.394 e. The van der Waals surface area contributed by atoms with E-state index in [0.717, 1.165) is 38.6 Å². The monoisotopic (exact) mass is 256 g/mol. The summed E-state index contributed by atoms with van der Waals surface area (Å²) in [6.07, 6.45) is 5.05. The summed E-state index contributed by atoms with van der Waals surface area (Å²) in [5, 5.41) is 9.45. The molecule has 1 aliphatic rings. The highest BCUT2D eigenvalue weighted by Gasteiger charge is 2.29. The molecule has 1 aliphatic heterocycles. The standard InChI is InChI=1S/C14H28N2O2/c1-11(2)8-12(9-15)14(18)16-7-5-3-4-6-13(16)10-17/h11-13,17H,3-10,15H2,1-2H3. The van der Waals surface area contributed by atoms with Gasteiger partial charge in [-0.1, -0.05) is 26.7 Å². The summed E-state index contributed by atoms with van der Waals surface area (Å²) < 4.78 is 0. The van der Waals surface area contributed by atoms with Crippen LogP contribution in [0.15, 0.2) is 0 Å². The molecule has 4 nitrogen and oxygen atoms in total. The molecule has 4 heteroatoms. The van der Waals surface area contributed by atoms with Crippen LogP contribution in [-0.4, -0.2) is 41.7 Å². The number of amides is 1. The van der Waals surface area contributed by atoms with Crippen molar-refractivity contribution in [2.45, 2.75) is 52.0 Å². The van der Waals surface area contributed by atoms with Crippen molar-refractivity contribution in [1.82, 2.24) is 4.90 Å². The molecule has 0 bridgehead atoms. The minimum absolute atomic E-state index is 0.00112. The lowest BCUT2D eigenvalue weighted by Gasteiger charge is -2.32. The molecule has 0 spiro atoms. The Hall–Kier alpha value is -0.610. The van der Waals surface area contributed by atoms with Crippen LogP contribution >= 0.6 is 0 Å². The van der Waals surface area contributed by atoms with Crippen molar-refractivity contribution in [3.63, 3.8) is 0 Å². The highest BCUT2D eigenvalue weighted by Crippen LogP contribution is 2.21. The molecule has 0 radical (unpaired) electrons. The first-order valence-corrected chi connectivity index (χ1v) is 7.21. The van der Waals surface area contributed by atoms with E-state index in [4.69, 9.17) is 5.73 Å². The van der Waals surface area contributed by atoms with Crippen LogP contribution < -0.4 is 5.73 Å². The number of hydrogen-bond acceptors (Lipinski definition) is 3. The van der Waals surface area contributed by atoms with E-state index >= 15 is 0 Å². The Labute approximate surface area is 111 Å². The number of carbonyl (C=O) groups excluding carboxylic acids is 1. The lowest BCUT2D eigenvalue weighted by Crippen LogP contribution is -2.46. The molecule has 3 N–H and O–H groups in total. The molecule has 2 atom stereocenters. The molecule has 0 aliphatic carbocycles. The average molecular weight is 256 g/mol. The number of carbonyl (C=O) groups is 1. The summed E-state index contributed by atoms with van der Waals surface area (Å²) in [4.78, 5) is 14.4. The Morgan fingerprint density at radius 2 is 2.11 bits per heavy atom. The molecule has 1 saturated heterocycles. The number of nitrogens with zero attached hydrogens (tertiary/aromatic N) is 1. The number of rotatable bonds is 5. The fourth-order valence-electron chi connectivity index (χ4n) is 2.76. The number of aliphatic hydroxyl groups excluding tert-OH is 1. The van der Waals surface area contributed by atoms with Crippen LogP contribution in [0.25, 0.3) is 0 Å². The minimum Gasteiger partial charge on any atom is -0.394 e. The summed E-state index contributed by atoms with van der Waals surface area (Å²) in [5.41, 5.74) is 5.74. The van der Waals surface area contributed by atoms with E-state index < -0.39 is 0 Å². The molecule has 0 aromatic rings. The van der Waals surface area contributed by atoms with Crippen molar-refractivity contribution in [3.8, 4) is 0 Å². The third kappa shape index (κ3) is 4.25. The predicted molar refractivity (Wildman–Crippen MR) is 73.1 cm³/mol. The highest BCUT2D eigenvalue weighted by molar-refractivity contribution is 5.79. The van der Waals surface area contributed by atoms with Crippen LogP contribution in [0.2, 0.25) is 0 Å². The first kappa shape index (κ1) is 15.4. The number of likely N-dealkylation sites (tertiary alicyclic amines) is 1. The van der Waals surface area contributed by atoms with Crippen molar-refractivity contribution in [3.05, 3.63) is 0 Å². The summed E-state index contributed by atoms with van der Waals surface area (Å²) in [7, 11) is 0. The van der Waals surface area contributed by atoms with Gasteiger partial charge in [-0.2, -0.15) is 0 Å². The van der Waals surface area contributed by atoms with Crippen molar-refractivity contribution in [2.75, 3.05) is 19.7 Å². The second-order valence-corrected chi connectivity index (χ2v) is 5.78. The Bertz CT molecular complexity index is 256. The van der Waals surface area contributed by atoms with Gasteiger partial charge in [0.25, 0.3) is 0 Å². The zero-order valence-electron chi connectivity index (χ0n) is 11.8. The zero-order chi connectivity index (χ0) is 13.5. The first-order chi connectivity index (χ1) is 8.60. The summed E-state index contributed by atoms with van der Waals surface area (Å²) in [6, 6.07) is 0.00112. The van der Waals surface area contributed by atoms with Gasteiger partial charge in [0.15, 0.2) is 0 Å². The van der Waals surface area contributed by atoms with E-state index in [1.54, 1.807) is 0 Å². The van der Waals surface area contributed by atoms with Gasteiger partial charge in [-0.25, -0.2) is 0 Å². The highest BCUT2D eigenvalue weighted by atomic mass is 16.3. The van der Waals surface area contributed by atoms with Crippen molar-refractivity contribution in [1.29, 1.82) is 0 Å². The van der Waals surface area contributed by atoms with Crippen molar-refractivity contribution < 1.29 is 9.90 Å².